The fourth-order valence-corrected chi connectivity index (χ4v) is 0.994. The lowest BCUT2D eigenvalue weighted by atomic mass is 10.3. The van der Waals surface area contributed by atoms with Crippen molar-refractivity contribution >= 4 is 23.8 Å². The Morgan fingerprint density at radius 3 is 2.64 bits per heavy atom. The van der Waals surface area contributed by atoms with Gasteiger partial charge in [0.2, 0.25) is 0 Å². The Hall–Kier alpha value is -0.710. The second kappa shape index (κ2) is 8.87. The van der Waals surface area contributed by atoms with Crippen LogP contribution in [0.5, 0.6) is 0 Å². The molecule has 0 atom stereocenters. The third-order valence-corrected chi connectivity index (χ3v) is 1.77. The maximum Gasteiger partial charge on any atom is 0.307 e. The molecular weight excluding hydrogens is 202 g/mol. The van der Waals surface area contributed by atoms with Crippen LogP contribution in [0.2, 0.25) is 0 Å². The predicted molar refractivity (Wildman–Crippen MR) is 57.5 cm³/mol. The summed E-state index contributed by atoms with van der Waals surface area (Å²) >= 11 is 3.50. The van der Waals surface area contributed by atoms with Gasteiger partial charge < -0.3 is 10.1 Å². The number of carbonyl (C=O) groups excluding carboxylic acids is 2. The standard InChI is InChI=1S/C9H17NO3S/c1-2-3-4-7-13-8(11)5-6-10-9(12)14/h2-7H2,1H3,(H2,10,12,14). The summed E-state index contributed by atoms with van der Waals surface area (Å²) in [6, 6.07) is 0. The number of thiol groups is 1. The number of amides is 1. The fraction of sp³-hybridized carbons (Fsp3) is 0.778. The Morgan fingerprint density at radius 1 is 1.36 bits per heavy atom. The van der Waals surface area contributed by atoms with E-state index in [1.54, 1.807) is 0 Å². The van der Waals surface area contributed by atoms with Gasteiger partial charge in [-0.1, -0.05) is 32.4 Å². The maximum absolute atomic E-state index is 11.0. The summed E-state index contributed by atoms with van der Waals surface area (Å²) in [7, 11) is 0. The van der Waals surface area contributed by atoms with E-state index in [9.17, 15) is 9.59 Å². The molecule has 5 heteroatoms. The Labute approximate surface area is 89.8 Å². The van der Waals surface area contributed by atoms with Gasteiger partial charge in [-0.25, -0.2) is 0 Å². The van der Waals surface area contributed by atoms with Gasteiger partial charge in [0.05, 0.1) is 13.0 Å². The highest BCUT2D eigenvalue weighted by Gasteiger charge is 2.02. The fourth-order valence-electron chi connectivity index (χ4n) is 0.882. The molecule has 4 nitrogen and oxygen atoms in total. The normalized spacial score (nSPS) is 9.57. The van der Waals surface area contributed by atoms with Gasteiger partial charge in [-0.3, -0.25) is 9.59 Å². The zero-order valence-electron chi connectivity index (χ0n) is 8.41. The van der Waals surface area contributed by atoms with E-state index >= 15 is 0 Å². The van der Waals surface area contributed by atoms with Crippen molar-refractivity contribution in [2.24, 2.45) is 0 Å². The molecule has 0 rings (SSSR count). The maximum atomic E-state index is 11.0. The molecule has 0 saturated heterocycles. The number of carbonyl (C=O) groups is 2. The minimum Gasteiger partial charge on any atom is -0.466 e. The van der Waals surface area contributed by atoms with Crippen LogP contribution in [0.1, 0.15) is 32.6 Å². The van der Waals surface area contributed by atoms with Gasteiger partial charge in [-0.05, 0) is 6.42 Å². The van der Waals surface area contributed by atoms with E-state index in [1.165, 1.54) is 0 Å². The summed E-state index contributed by atoms with van der Waals surface area (Å²) in [6.45, 7) is 2.85. The highest BCUT2D eigenvalue weighted by Crippen LogP contribution is 1.95. The van der Waals surface area contributed by atoms with E-state index in [-0.39, 0.29) is 18.9 Å². The van der Waals surface area contributed by atoms with Crippen molar-refractivity contribution in [3.63, 3.8) is 0 Å². The molecule has 0 bridgehead atoms. The second-order valence-corrected chi connectivity index (χ2v) is 3.32. The van der Waals surface area contributed by atoms with E-state index in [0.29, 0.717) is 6.61 Å². The third-order valence-electron chi connectivity index (χ3n) is 1.62. The molecule has 0 spiro atoms. The Morgan fingerprint density at radius 2 is 2.07 bits per heavy atom. The van der Waals surface area contributed by atoms with E-state index in [4.69, 9.17) is 4.74 Å². The monoisotopic (exact) mass is 219 g/mol. The zero-order chi connectivity index (χ0) is 10.8. The lowest BCUT2D eigenvalue weighted by Gasteiger charge is -2.04. The summed E-state index contributed by atoms with van der Waals surface area (Å²) in [5.41, 5.74) is 0. The number of hydrogen-bond donors (Lipinski definition) is 2. The number of esters is 1. The highest BCUT2D eigenvalue weighted by atomic mass is 32.1. The van der Waals surface area contributed by atoms with Gasteiger partial charge in [-0.2, -0.15) is 0 Å². The third kappa shape index (κ3) is 9.38. The van der Waals surface area contributed by atoms with Crippen molar-refractivity contribution in [1.29, 1.82) is 0 Å². The van der Waals surface area contributed by atoms with Gasteiger partial charge >= 0.3 is 5.97 Å². The van der Waals surface area contributed by atoms with Gasteiger partial charge in [0.1, 0.15) is 0 Å². The smallest absolute Gasteiger partial charge is 0.307 e. The quantitative estimate of drug-likeness (QED) is 0.389. The molecule has 0 aliphatic rings. The average molecular weight is 219 g/mol. The van der Waals surface area contributed by atoms with Gasteiger partial charge in [-0.15, -0.1) is 0 Å². The highest BCUT2D eigenvalue weighted by molar-refractivity contribution is 7.96. The number of unbranched alkanes of at least 4 members (excludes halogenated alkanes) is 2. The molecule has 0 aliphatic heterocycles. The van der Waals surface area contributed by atoms with Crippen LogP contribution in [0.25, 0.3) is 0 Å². The number of rotatable bonds is 7. The molecule has 0 aromatic carbocycles. The minimum atomic E-state index is -0.427. The molecule has 0 aliphatic carbocycles. The van der Waals surface area contributed by atoms with Crippen molar-refractivity contribution in [3.8, 4) is 0 Å². The molecule has 1 amide bonds. The van der Waals surface area contributed by atoms with Gasteiger partial charge in [0, 0.05) is 6.54 Å². The molecule has 0 aromatic rings. The first-order chi connectivity index (χ1) is 6.66. The summed E-state index contributed by atoms with van der Waals surface area (Å²) in [4.78, 5) is 21.3. The van der Waals surface area contributed by atoms with Crippen LogP contribution >= 0.6 is 12.6 Å². The molecule has 1 N–H and O–H groups in total. The molecular formula is C9H17NO3S. The van der Waals surface area contributed by atoms with Crippen molar-refractivity contribution in [2.45, 2.75) is 32.6 Å². The lowest BCUT2D eigenvalue weighted by molar-refractivity contribution is -0.143. The first-order valence-corrected chi connectivity index (χ1v) is 5.24. The largest absolute Gasteiger partial charge is 0.466 e. The second-order valence-electron chi connectivity index (χ2n) is 2.91. The molecule has 0 radical (unpaired) electrons. The lowest BCUT2D eigenvalue weighted by Crippen LogP contribution is -2.21. The van der Waals surface area contributed by atoms with E-state index < -0.39 is 5.24 Å². The van der Waals surface area contributed by atoms with Crippen LogP contribution in [-0.2, 0) is 9.53 Å². The molecule has 0 saturated carbocycles. The van der Waals surface area contributed by atoms with Gasteiger partial charge in [0.25, 0.3) is 5.24 Å². The van der Waals surface area contributed by atoms with Crippen molar-refractivity contribution < 1.29 is 14.3 Å². The van der Waals surface area contributed by atoms with Crippen LogP contribution in [-0.4, -0.2) is 24.4 Å². The Kier molecular flexibility index (Phi) is 8.42. The van der Waals surface area contributed by atoms with Crippen LogP contribution in [0.3, 0.4) is 0 Å². The Balaban J connectivity index is 3.24. The topological polar surface area (TPSA) is 55.4 Å². The first kappa shape index (κ1) is 13.3. The van der Waals surface area contributed by atoms with E-state index in [2.05, 4.69) is 24.9 Å². The zero-order valence-corrected chi connectivity index (χ0v) is 9.31. The summed E-state index contributed by atoms with van der Waals surface area (Å²) < 4.78 is 4.91. The van der Waals surface area contributed by atoms with Crippen LogP contribution in [0.4, 0.5) is 4.79 Å². The first-order valence-electron chi connectivity index (χ1n) is 4.79. The van der Waals surface area contributed by atoms with E-state index in [0.717, 1.165) is 19.3 Å². The van der Waals surface area contributed by atoms with Crippen LogP contribution in [0, 0.1) is 0 Å². The molecule has 14 heavy (non-hydrogen) atoms. The number of nitrogens with one attached hydrogen (secondary N) is 1. The molecule has 82 valence electrons. The molecule has 0 unspecified atom stereocenters. The van der Waals surface area contributed by atoms with Crippen molar-refractivity contribution in [2.75, 3.05) is 13.2 Å². The summed E-state index contributed by atoms with van der Waals surface area (Å²) in [5, 5.41) is 1.98. The summed E-state index contributed by atoms with van der Waals surface area (Å²) in [5.74, 6) is -0.275. The van der Waals surface area contributed by atoms with Crippen LogP contribution in [0.15, 0.2) is 0 Å². The minimum absolute atomic E-state index is 0.207. The molecule has 0 fully saturated rings. The average Bonchev–Trinajstić information content (AvgIpc) is 2.12. The van der Waals surface area contributed by atoms with Crippen LogP contribution < -0.4 is 5.32 Å². The van der Waals surface area contributed by atoms with Crippen molar-refractivity contribution in [1.82, 2.24) is 5.32 Å². The van der Waals surface area contributed by atoms with E-state index in [1.807, 2.05) is 0 Å². The SMILES string of the molecule is CCCCCOC(=O)CCNC(=O)S. The Bertz CT molecular complexity index is 185. The van der Waals surface area contributed by atoms with Crippen molar-refractivity contribution in [3.05, 3.63) is 0 Å². The predicted octanol–water partition coefficient (Wildman–Crippen LogP) is 1.75. The molecule has 0 heterocycles. The number of ether oxygens (including phenoxy) is 1. The number of hydrogen-bond acceptors (Lipinski definition) is 3. The van der Waals surface area contributed by atoms with Gasteiger partial charge in [0.15, 0.2) is 0 Å². The summed E-state index contributed by atoms with van der Waals surface area (Å²) in [6.07, 6.45) is 3.29. The molecule has 0 aromatic heterocycles.